The van der Waals surface area contributed by atoms with Crippen molar-refractivity contribution in [2.45, 2.75) is 6.54 Å². The van der Waals surface area contributed by atoms with E-state index in [1.807, 2.05) is 35.2 Å². The second-order valence-corrected chi connectivity index (χ2v) is 8.04. The molecule has 1 aromatic heterocycles. The first-order valence-corrected chi connectivity index (χ1v) is 11.0. The Balaban J connectivity index is 1.16. The Morgan fingerprint density at radius 1 is 0.879 bits per heavy atom. The maximum atomic E-state index is 12.4. The molecule has 1 aliphatic heterocycles. The highest BCUT2D eigenvalue weighted by atomic mass is 16.5. The highest BCUT2D eigenvalue weighted by Gasteiger charge is 2.21. The number of carbonyl (C=O) groups excluding carboxylic acids is 1. The topological polar surface area (TPSA) is 70.6 Å². The molecular weight excluding hydrogens is 414 g/mol. The van der Waals surface area contributed by atoms with E-state index in [0.29, 0.717) is 18.9 Å². The number of fused-ring (bicyclic) bond motifs is 1. The number of ether oxygens (including phenoxy) is 1. The lowest BCUT2D eigenvalue weighted by atomic mass is 10.1. The summed E-state index contributed by atoms with van der Waals surface area (Å²) in [5, 5.41) is 5.15. The Bertz CT molecular complexity index is 1240. The highest BCUT2D eigenvalue weighted by Crippen LogP contribution is 2.26. The first kappa shape index (κ1) is 20.9. The van der Waals surface area contributed by atoms with Gasteiger partial charge in [0.1, 0.15) is 11.5 Å². The minimum Gasteiger partial charge on any atom is -0.457 e. The molecule has 166 valence electrons. The number of hydrogen-bond acceptors (Lipinski definition) is 5. The number of carbonyl (C=O) groups is 1. The van der Waals surface area contributed by atoms with Gasteiger partial charge in [-0.15, -0.1) is 0 Å². The van der Waals surface area contributed by atoms with E-state index in [0.717, 1.165) is 36.5 Å². The summed E-state index contributed by atoms with van der Waals surface area (Å²) in [6, 6.07) is 22.5. The van der Waals surface area contributed by atoms with Crippen LogP contribution in [-0.2, 0) is 6.54 Å². The van der Waals surface area contributed by atoms with Gasteiger partial charge in [0, 0.05) is 45.1 Å². The van der Waals surface area contributed by atoms with Gasteiger partial charge < -0.3 is 9.64 Å². The highest BCUT2D eigenvalue weighted by molar-refractivity contribution is 5.88. The minimum atomic E-state index is -0.138. The third kappa shape index (κ3) is 5.27. The molecule has 0 saturated carbocycles. The summed E-state index contributed by atoms with van der Waals surface area (Å²) < 4.78 is 6.13. The Morgan fingerprint density at radius 2 is 1.70 bits per heavy atom. The number of benzene rings is 3. The predicted molar refractivity (Wildman–Crippen MR) is 128 cm³/mol. The third-order valence-corrected chi connectivity index (χ3v) is 5.72. The van der Waals surface area contributed by atoms with Crippen LogP contribution >= 0.6 is 0 Å². The number of amides is 2. The van der Waals surface area contributed by atoms with E-state index in [4.69, 9.17) is 4.74 Å². The number of aromatic nitrogens is 2. The molecule has 0 radical (unpaired) electrons. The molecule has 5 rings (SSSR count). The van der Waals surface area contributed by atoms with Crippen LogP contribution in [0.4, 0.5) is 10.6 Å². The van der Waals surface area contributed by atoms with Crippen LogP contribution in [0.15, 0.2) is 85.3 Å². The third-order valence-electron chi connectivity index (χ3n) is 5.72. The Labute approximate surface area is 192 Å². The van der Waals surface area contributed by atoms with Gasteiger partial charge in [0.25, 0.3) is 0 Å². The second kappa shape index (κ2) is 9.67. The summed E-state index contributed by atoms with van der Waals surface area (Å²) in [4.78, 5) is 24.7. The van der Waals surface area contributed by atoms with Crippen LogP contribution in [0.1, 0.15) is 5.56 Å². The lowest BCUT2D eigenvalue weighted by molar-refractivity contribution is 0.143. The number of hydrogen-bond donors (Lipinski definition) is 1. The van der Waals surface area contributed by atoms with Crippen molar-refractivity contribution in [1.29, 1.82) is 0 Å². The SMILES string of the molecule is O=C(Nc1cnccn1)N1CCN(Cc2cccc(Oc3ccc4ccccc4c3)c2)CC1. The van der Waals surface area contributed by atoms with Crippen molar-refractivity contribution in [2.75, 3.05) is 31.5 Å². The van der Waals surface area contributed by atoms with Gasteiger partial charge in [-0.3, -0.25) is 15.2 Å². The molecule has 1 aliphatic rings. The van der Waals surface area contributed by atoms with Crippen LogP contribution in [0.3, 0.4) is 0 Å². The number of nitrogens with zero attached hydrogens (tertiary/aromatic N) is 4. The zero-order valence-electron chi connectivity index (χ0n) is 18.2. The minimum absolute atomic E-state index is 0.138. The summed E-state index contributed by atoms with van der Waals surface area (Å²) in [5.41, 5.74) is 1.19. The average molecular weight is 440 g/mol. The summed E-state index contributed by atoms with van der Waals surface area (Å²) in [6.45, 7) is 3.76. The van der Waals surface area contributed by atoms with Crippen molar-refractivity contribution < 1.29 is 9.53 Å². The second-order valence-electron chi connectivity index (χ2n) is 8.04. The lowest BCUT2D eigenvalue weighted by Crippen LogP contribution is -2.49. The molecule has 7 nitrogen and oxygen atoms in total. The van der Waals surface area contributed by atoms with Crippen molar-refractivity contribution in [3.63, 3.8) is 0 Å². The Kier molecular flexibility index (Phi) is 6.12. The molecule has 4 aromatic rings. The molecule has 2 heterocycles. The summed E-state index contributed by atoms with van der Waals surface area (Å²) in [6.07, 6.45) is 4.68. The molecule has 0 unspecified atom stereocenters. The molecular formula is C26H25N5O2. The van der Waals surface area contributed by atoms with Gasteiger partial charge in [0.2, 0.25) is 0 Å². The summed E-state index contributed by atoms with van der Waals surface area (Å²) in [7, 11) is 0. The van der Waals surface area contributed by atoms with Gasteiger partial charge in [-0.25, -0.2) is 9.78 Å². The maximum absolute atomic E-state index is 12.4. The monoisotopic (exact) mass is 439 g/mol. The maximum Gasteiger partial charge on any atom is 0.323 e. The van der Waals surface area contributed by atoms with Gasteiger partial charge in [0.15, 0.2) is 5.82 Å². The van der Waals surface area contributed by atoms with Gasteiger partial charge in [-0.1, -0.05) is 42.5 Å². The van der Waals surface area contributed by atoms with E-state index in [2.05, 4.69) is 56.6 Å². The average Bonchev–Trinajstić information content (AvgIpc) is 2.85. The quantitative estimate of drug-likeness (QED) is 0.485. The van der Waals surface area contributed by atoms with Crippen LogP contribution in [0.5, 0.6) is 11.5 Å². The van der Waals surface area contributed by atoms with Crippen LogP contribution in [0, 0.1) is 0 Å². The van der Waals surface area contributed by atoms with E-state index in [9.17, 15) is 4.79 Å². The fourth-order valence-electron chi connectivity index (χ4n) is 3.99. The molecule has 1 N–H and O–H groups in total. The molecule has 1 saturated heterocycles. The zero-order chi connectivity index (χ0) is 22.5. The Morgan fingerprint density at radius 3 is 2.52 bits per heavy atom. The van der Waals surface area contributed by atoms with Crippen molar-refractivity contribution in [2.24, 2.45) is 0 Å². The predicted octanol–water partition coefficient (Wildman–Crippen LogP) is 4.77. The Hall–Kier alpha value is -3.97. The van der Waals surface area contributed by atoms with Crippen LogP contribution in [0.25, 0.3) is 10.8 Å². The summed E-state index contributed by atoms with van der Waals surface area (Å²) >= 11 is 0. The number of urea groups is 1. The number of rotatable bonds is 5. The van der Waals surface area contributed by atoms with Crippen LogP contribution in [0.2, 0.25) is 0 Å². The number of nitrogens with one attached hydrogen (secondary N) is 1. The smallest absolute Gasteiger partial charge is 0.323 e. The van der Waals surface area contributed by atoms with Crippen molar-refractivity contribution >= 4 is 22.6 Å². The fourth-order valence-corrected chi connectivity index (χ4v) is 3.99. The first-order valence-electron chi connectivity index (χ1n) is 11.0. The fraction of sp³-hybridized carbons (Fsp3) is 0.192. The molecule has 0 aliphatic carbocycles. The molecule has 0 bridgehead atoms. The van der Waals surface area contributed by atoms with Crippen molar-refractivity contribution in [1.82, 2.24) is 19.8 Å². The van der Waals surface area contributed by atoms with Gasteiger partial charge in [0.05, 0.1) is 6.20 Å². The van der Waals surface area contributed by atoms with Gasteiger partial charge in [-0.2, -0.15) is 0 Å². The molecule has 1 fully saturated rings. The largest absolute Gasteiger partial charge is 0.457 e. The molecule has 0 spiro atoms. The zero-order valence-corrected chi connectivity index (χ0v) is 18.2. The summed E-state index contributed by atoms with van der Waals surface area (Å²) in [5.74, 6) is 2.12. The number of anilines is 1. The first-order chi connectivity index (χ1) is 16.2. The van der Waals surface area contributed by atoms with Crippen LogP contribution in [-0.4, -0.2) is 52.0 Å². The lowest BCUT2D eigenvalue weighted by Gasteiger charge is -2.34. The standard InChI is InChI=1S/C26H25N5O2/c32-26(29-25-18-27-10-11-28-25)31-14-12-30(13-15-31)19-20-4-3-7-23(16-20)33-24-9-8-21-5-1-2-6-22(21)17-24/h1-11,16-18H,12-15,19H2,(H,28,29,32). The molecule has 7 heteroatoms. The van der Waals surface area contributed by atoms with E-state index in [-0.39, 0.29) is 6.03 Å². The normalized spacial score (nSPS) is 14.2. The van der Waals surface area contributed by atoms with Gasteiger partial charge >= 0.3 is 6.03 Å². The molecule has 2 amide bonds. The number of piperazine rings is 1. The molecule has 3 aromatic carbocycles. The van der Waals surface area contributed by atoms with Crippen molar-refractivity contribution in [3.8, 4) is 11.5 Å². The molecule has 33 heavy (non-hydrogen) atoms. The van der Waals surface area contributed by atoms with E-state index >= 15 is 0 Å². The van der Waals surface area contributed by atoms with E-state index < -0.39 is 0 Å². The van der Waals surface area contributed by atoms with E-state index in [1.54, 1.807) is 18.6 Å². The van der Waals surface area contributed by atoms with Crippen LogP contribution < -0.4 is 10.1 Å². The molecule has 0 atom stereocenters. The van der Waals surface area contributed by atoms with E-state index in [1.165, 1.54) is 10.9 Å². The van der Waals surface area contributed by atoms with Crippen molar-refractivity contribution in [3.05, 3.63) is 90.9 Å². The van der Waals surface area contributed by atoms with Gasteiger partial charge in [-0.05, 0) is 40.6 Å².